The SMILES string of the molecule is CNC(Cc1ccccc1)C(=O)OCC1CCCOCC1. The topological polar surface area (TPSA) is 47.6 Å². The highest BCUT2D eigenvalue weighted by molar-refractivity contribution is 5.76. The molecule has 4 nitrogen and oxygen atoms in total. The summed E-state index contributed by atoms with van der Waals surface area (Å²) in [5, 5.41) is 3.05. The van der Waals surface area contributed by atoms with Crippen LogP contribution in [0, 0.1) is 5.92 Å². The zero-order valence-electron chi connectivity index (χ0n) is 12.7. The van der Waals surface area contributed by atoms with Crippen LogP contribution in [0.5, 0.6) is 0 Å². The Morgan fingerprint density at radius 3 is 2.90 bits per heavy atom. The van der Waals surface area contributed by atoms with E-state index >= 15 is 0 Å². The molecule has 1 N–H and O–H groups in total. The van der Waals surface area contributed by atoms with Gasteiger partial charge in [-0.15, -0.1) is 0 Å². The summed E-state index contributed by atoms with van der Waals surface area (Å²) in [5.41, 5.74) is 1.14. The third-order valence-electron chi connectivity index (χ3n) is 3.95. The zero-order valence-corrected chi connectivity index (χ0v) is 12.7. The molecule has 116 valence electrons. The number of hydrogen-bond acceptors (Lipinski definition) is 4. The Morgan fingerprint density at radius 1 is 1.33 bits per heavy atom. The molecule has 4 heteroatoms. The minimum absolute atomic E-state index is 0.161. The Hall–Kier alpha value is -1.39. The van der Waals surface area contributed by atoms with Gasteiger partial charge in [0.15, 0.2) is 0 Å². The van der Waals surface area contributed by atoms with Gasteiger partial charge in [0.2, 0.25) is 0 Å². The maximum atomic E-state index is 12.2. The maximum absolute atomic E-state index is 12.2. The quantitative estimate of drug-likeness (QED) is 0.816. The van der Waals surface area contributed by atoms with Gasteiger partial charge in [0.25, 0.3) is 0 Å². The van der Waals surface area contributed by atoms with Crippen molar-refractivity contribution in [1.29, 1.82) is 0 Å². The van der Waals surface area contributed by atoms with E-state index in [1.54, 1.807) is 7.05 Å². The van der Waals surface area contributed by atoms with Gasteiger partial charge >= 0.3 is 5.97 Å². The molecule has 1 fully saturated rings. The molecule has 0 radical (unpaired) electrons. The van der Waals surface area contributed by atoms with Crippen LogP contribution in [0.2, 0.25) is 0 Å². The van der Waals surface area contributed by atoms with Crippen LogP contribution >= 0.6 is 0 Å². The van der Waals surface area contributed by atoms with Gasteiger partial charge in [-0.25, -0.2) is 0 Å². The van der Waals surface area contributed by atoms with Crippen molar-refractivity contribution >= 4 is 5.97 Å². The molecular weight excluding hydrogens is 266 g/mol. The number of nitrogens with one attached hydrogen (secondary N) is 1. The van der Waals surface area contributed by atoms with Crippen LogP contribution in [0.4, 0.5) is 0 Å². The number of carbonyl (C=O) groups is 1. The van der Waals surface area contributed by atoms with E-state index in [-0.39, 0.29) is 12.0 Å². The van der Waals surface area contributed by atoms with E-state index in [1.807, 2.05) is 30.3 Å². The van der Waals surface area contributed by atoms with Gasteiger partial charge < -0.3 is 14.8 Å². The fourth-order valence-electron chi connectivity index (χ4n) is 2.59. The van der Waals surface area contributed by atoms with Crippen molar-refractivity contribution in [2.45, 2.75) is 31.7 Å². The molecule has 2 rings (SSSR count). The molecule has 0 bridgehead atoms. The van der Waals surface area contributed by atoms with E-state index in [1.165, 1.54) is 0 Å². The first-order valence-electron chi connectivity index (χ1n) is 7.75. The van der Waals surface area contributed by atoms with Gasteiger partial charge in [-0.2, -0.15) is 0 Å². The average Bonchev–Trinajstić information content (AvgIpc) is 2.80. The molecule has 1 aliphatic heterocycles. The molecule has 1 aromatic rings. The Kier molecular flexibility index (Phi) is 6.70. The Balaban J connectivity index is 1.79. The van der Waals surface area contributed by atoms with Gasteiger partial charge in [-0.3, -0.25) is 4.79 Å². The fourth-order valence-corrected chi connectivity index (χ4v) is 2.59. The maximum Gasteiger partial charge on any atom is 0.323 e. The van der Waals surface area contributed by atoms with Crippen molar-refractivity contribution in [3.8, 4) is 0 Å². The molecule has 1 aromatic carbocycles. The van der Waals surface area contributed by atoms with Crippen molar-refractivity contribution < 1.29 is 14.3 Å². The average molecular weight is 291 g/mol. The van der Waals surface area contributed by atoms with E-state index in [0.29, 0.717) is 18.9 Å². The van der Waals surface area contributed by atoms with Gasteiger partial charge in [0.1, 0.15) is 6.04 Å². The minimum Gasteiger partial charge on any atom is -0.464 e. The van der Waals surface area contributed by atoms with Crippen LogP contribution in [0.3, 0.4) is 0 Å². The van der Waals surface area contributed by atoms with Gasteiger partial charge in [-0.05, 0) is 44.2 Å². The monoisotopic (exact) mass is 291 g/mol. The lowest BCUT2D eigenvalue weighted by molar-refractivity contribution is -0.147. The van der Waals surface area contributed by atoms with Crippen LogP contribution < -0.4 is 5.32 Å². The zero-order chi connectivity index (χ0) is 14.9. The van der Waals surface area contributed by atoms with Gasteiger partial charge in [0, 0.05) is 13.2 Å². The van der Waals surface area contributed by atoms with Crippen molar-refractivity contribution in [3.63, 3.8) is 0 Å². The smallest absolute Gasteiger partial charge is 0.323 e. The first kappa shape index (κ1) is 16.0. The summed E-state index contributed by atoms with van der Waals surface area (Å²) in [5.74, 6) is 0.275. The highest BCUT2D eigenvalue weighted by Crippen LogP contribution is 2.16. The number of benzene rings is 1. The van der Waals surface area contributed by atoms with E-state index < -0.39 is 0 Å². The number of likely N-dealkylation sites (N-methyl/N-ethyl adjacent to an activating group) is 1. The van der Waals surface area contributed by atoms with Crippen LogP contribution in [0.15, 0.2) is 30.3 Å². The molecular formula is C17H25NO3. The Labute approximate surface area is 126 Å². The summed E-state index contributed by atoms with van der Waals surface area (Å²) in [4.78, 5) is 12.2. The second-order valence-corrected chi connectivity index (χ2v) is 5.57. The first-order valence-corrected chi connectivity index (χ1v) is 7.75. The number of carbonyl (C=O) groups excluding carboxylic acids is 1. The molecule has 2 atom stereocenters. The molecule has 0 spiro atoms. The van der Waals surface area contributed by atoms with Crippen molar-refractivity contribution in [2.75, 3.05) is 26.9 Å². The van der Waals surface area contributed by atoms with Crippen LogP contribution in [0.1, 0.15) is 24.8 Å². The first-order chi connectivity index (χ1) is 10.3. The van der Waals surface area contributed by atoms with Gasteiger partial charge in [-0.1, -0.05) is 30.3 Å². The van der Waals surface area contributed by atoms with E-state index in [9.17, 15) is 4.79 Å². The lowest BCUT2D eigenvalue weighted by Crippen LogP contribution is -2.38. The van der Waals surface area contributed by atoms with E-state index in [4.69, 9.17) is 9.47 Å². The van der Waals surface area contributed by atoms with Gasteiger partial charge in [0.05, 0.1) is 6.61 Å². The number of hydrogen-bond donors (Lipinski definition) is 1. The molecule has 0 aliphatic carbocycles. The van der Waals surface area contributed by atoms with Crippen molar-refractivity contribution in [3.05, 3.63) is 35.9 Å². The van der Waals surface area contributed by atoms with Crippen molar-refractivity contribution in [2.24, 2.45) is 5.92 Å². The molecule has 21 heavy (non-hydrogen) atoms. The fraction of sp³-hybridized carbons (Fsp3) is 0.588. The van der Waals surface area contributed by atoms with E-state index in [2.05, 4.69) is 5.32 Å². The number of ether oxygens (including phenoxy) is 2. The summed E-state index contributed by atoms with van der Waals surface area (Å²) < 4.78 is 10.9. The molecule has 1 saturated heterocycles. The summed E-state index contributed by atoms with van der Waals surface area (Å²) in [6.45, 7) is 2.12. The van der Waals surface area contributed by atoms with Crippen LogP contribution in [0.25, 0.3) is 0 Å². The van der Waals surface area contributed by atoms with Crippen LogP contribution in [-0.4, -0.2) is 38.9 Å². The van der Waals surface area contributed by atoms with Crippen LogP contribution in [-0.2, 0) is 20.7 Å². The highest BCUT2D eigenvalue weighted by Gasteiger charge is 2.21. The Morgan fingerprint density at radius 2 is 2.14 bits per heavy atom. The second-order valence-electron chi connectivity index (χ2n) is 5.57. The molecule has 0 aromatic heterocycles. The van der Waals surface area contributed by atoms with Crippen molar-refractivity contribution in [1.82, 2.24) is 5.32 Å². The molecule has 1 aliphatic rings. The summed E-state index contributed by atoms with van der Waals surface area (Å²) in [7, 11) is 1.80. The molecule has 1 heterocycles. The number of esters is 1. The predicted molar refractivity (Wildman–Crippen MR) is 82.1 cm³/mol. The summed E-state index contributed by atoms with van der Waals surface area (Å²) in [6, 6.07) is 9.72. The number of rotatable bonds is 6. The Bertz CT molecular complexity index is 413. The second kappa shape index (κ2) is 8.80. The third-order valence-corrected chi connectivity index (χ3v) is 3.95. The highest BCUT2D eigenvalue weighted by atomic mass is 16.5. The predicted octanol–water partition coefficient (Wildman–Crippen LogP) is 2.18. The standard InChI is InChI=1S/C17H25NO3/c1-18-16(12-14-6-3-2-4-7-14)17(19)21-13-15-8-5-10-20-11-9-15/h2-4,6-7,15-16,18H,5,8-13H2,1H3. The summed E-state index contributed by atoms with van der Waals surface area (Å²) in [6.07, 6.45) is 3.78. The van der Waals surface area contributed by atoms with E-state index in [0.717, 1.165) is 38.0 Å². The normalized spacial score (nSPS) is 20.5. The lowest BCUT2D eigenvalue weighted by Gasteiger charge is -2.18. The molecule has 0 saturated carbocycles. The molecule has 2 unspecified atom stereocenters. The largest absolute Gasteiger partial charge is 0.464 e. The lowest BCUT2D eigenvalue weighted by atomic mass is 10.0. The molecule has 0 amide bonds. The summed E-state index contributed by atoms with van der Waals surface area (Å²) >= 11 is 0. The minimum atomic E-state index is -0.283. The third kappa shape index (κ3) is 5.48.